The van der Waals surface area contributed by atoms with E-state index < -0.39 is 57.5 Å². The third-order valence-corrected chi connectivity index (χ3v) is 19.1. The Morgan fingerprint density at radius 2 is 1.02 bits per heavy atom. The molecule has 0 saturated carbocycles. The van der Waals surface area contributed by atoms with Crippen LogP contribution in [0.1, 0.15) is 41.0 Å². The molecular formula is C31H48O11Si4. The van der Waals surface area contributed by atoms with E-state index in [0.717, 1.165) is 0 Å². The highest BCUT2D eigenvalue weighted by molar-refractivity contribution is 6.88. The number of ether oxygens (including phenoxy) is 3. The minimum absolute atomic E-state index is 0.114. The van der Waals surface area contributed by atoms with Gasteiger partial charge >= 0.3 is 29.3 Å². The fraction of sp³-hybridized carbons (Fsp3) is 0.484. The summed E-state index contributed by atoms with van der Waals surface area (Å²) in [6, 6.07) is 13.2. The van der Waals surface area contributed by atoms with E-state index in [-0.39, 0.29) is 24.3 Å². The molecule has 0 aromatic heterocycles. The number of rotatable bonds is 19. The number of ketones is 2. The van der Waals surface area contributed by atoms with Gasteiger partial charge in [0.05, 0.1) is 19.8 Å². The van der Waals surface area contributed by atoms with Gasteiger partial charge in [-0.1, -0.05) is 0 Å². The van der Waals surface area contributed by atoms with E-state index in [1.807, 2.05) is 13.1 Å². The van der Waals surface area contributed by atoms with E-state index in [1.54, 1.807) is 38.1 Å². The third-order valence-electron chi connectivity index (χ3n) is 5.92. The van der Waals surface area contributed by atoms with Crippen LogP contribution < -0.4 is 9.16 Å². The van der Waals surface area contributed by atoms with Crippen LogP contribution in [0.3, 0.4) is 0 Å². The molecule has 0 saturated heterocycles. The first-order chi connectivity index (χ1) is 21.3. The Morgan fingerprint density at radius 3 is 1.43 bits per heavy atom. The van der Waals surface area contributed by atoms with E-state index in [4.69, 9.17) is 31.0 Å². The molecule has 46 heavy (non-hydrogen) atoms. The molecule has 0 aliphatic carbocycles. The smallest absolute Gasteiger partial charge is 0.502 e. The minimum Gasteiger partial charge on any atom is -0.502 e. The molecule has 11 nitrogen and oxygen atoms in total. The van der Waals surface area contributed by atoms with Crippen molar-refractivity contribution in [2.45, 2.75) is 78.7 Å². The number of hydrogen-bond donors (Lipinski definition) is 0. The van der Waals surface area contributed by atoms with Gasteiger partial charge in [0.2, 0.25) is 0 Å². The average molecular weight is 709 g/mol. The molecule has 0 amide bonds. The largest absolute Gasteiger partial charge is 0.543 e. The average Bonchev–Trinajstić information content (AvgIpc) is 2.93. The van der Waals surface area contributed by atoms with Crippen molar-refractivity contribution in [3.8, 4) is 11.5 Å². The van der Waals surface area contributed by atoms with Crippen LogP contribution in [-0.4, -0.2) is 77.3 Å². The lowest BCUT2D eigenvalue weighted by Crippen LogP contribution is -2.61. The van der Waals surface area contributed by atoms with E-state index in [1.165, 1.54) is 24.3 Å². The molecule has 2 aromatic carbocycles. The second-order valence-corrected chi connectivity index (χ2v) is 28.3. The molecule has 0 radical (unpaired) electrons. The summed E-state index contributed by atoms with van der Waals surface area (Å²) in [5.41, 5.74) is 0.428. The highest BCUT2D eigenvalue weighted by Crippen LogP contribution is 2.30. The van der Waals surface area contributed by atoms with Gasteiger partial charge in [-0.05, 0) is 121 Å². The van der Waals surface area contributed by atoms with Crippen molar-refractivity contribution in [2.24, 2.45) is 0 Å². The highest BCUT2D eigenvalue weighted by atomic mass is 28.5. The summed E-state index contributed by atoms with van der Waals surface area (Å²) in [4.78, 5) is 48.1. The summed E-state index contributed by atoms with van der Waals surface area (Å²) in [5, 5.41) is 0. The summed E-state index contributed by atoms with van der Waals surface area (Å²) in [6.45, 7) is 20.3. The van der Waals surface area contributed by atoms with Gasteiger partial charge in [-0.2, -0.15) is 0 Å². The van der Waals surface area contributed by atoms with Crippen LogP contribution >= 0.6 is 0 Å². The zero-order chi connectivity index (χ0) is 34.8. The quantitative estimate of drug-likeness (QED) is 0.0529. The highest BCUT2D eigenvalue weighted by Gasteiger charge is 2.50. The van der Waals surface area contributed by atoms with Gasteiger partial charge in [0.25, 0.3) is 11.6 Å². The van der Waals surface area contributed by atoms with Crippen LogP contribution in [0.5, 0.6) is 11.5 Å². The van der Waals surface area contributed by atoms with Crippen LogP contribution in [0.25, 0.3) is 0 Å². The van der Waals surface area contributed by atoms with Crippen molar-refractivity contribution in [2.75, 3.05) is 19.8 Å². The maximum absolute atomic E-state index is 12.3. The first-order valence-electron chi connectivity index (χ1n) is 15.3. The van der Waals surface area contributed by atoms with E-state index in [2.05, 4.69) is 39.3 Å². The number of Topliss-reactive ketones (excluding diaryl/α,β-unsaturated/α-hetero) is 2. The second kappa shape index (κ2) is 16.8. The molecule has 0 fully saturated rings. The number of hydrogen-bond acceptors (Lipinski definition) is 11. The van der Waals surface area contributed by atoms with Crippen molar-refractivity contribution >= 4 is 57.5 Å². The SMILES string of the molecule is CCOC(=O)C(=O)c1ccc(OCCC[Si](C)(O[Si](C)(C)C)O[Si](C)(Oc2ccc(C(=O)C(=O)OCC)cc2)O[Si](C)(C)C)cc1. The standard InChI is InChI=1S/C31H48O11Si4/c1-11-36-30(34)28(32)24-14-18-26(19-15-24)38-22-13-23-45(9,40-43(3,4)5)42-46(10,41-44(6,7)8)39-27-20-16-25(17-21-27)29(33)31(35)37-12-2/h14-21H,11-13,22-23H2,1-10H3. The first-order valence-corrected chi connectivity index (χ1v) is 26.9. The van der Waals surface area contributed by atoms with Crippen LogP contribution in [0.15, 0.2) is 48.5 Å². The topological polar surface area (TPSA) is 133 Å². The van der Waals surface area contributed by atoms with Crippen molar-refractivity contribution in [3.05, 3.63) is 59.7 Å². The van der Waals surface area contributed by atoms with Gasteiger partial charge in [0.15, 0.2) is 16.6 Å². The lowest BCUT2D eigenvalue weighted by molar-refractivity contribution is -0.138. The number of esters is 2. The molecule has 0 N–H and O–H groups in total. The molecule has 2 aromatic rings. The van der Waals surface area contributed by atoms with Crippen LogP contribution in [0, 0.1) is 0 Å². The fourth-order valence-electron chi connectivity index (χ4n) is 4.58. The van der Waals surface area contributed by atoms with Gasteiger partial charge in [0.1, 0.15) is 11.5 Å². The fourth-order valence-corrected chi connectivity index (χ4v) is 20.9. The van der Waals surface area contributed by atoms with Crippen molar-refractivity contribution in [1.29, 1.82) is 0 Å². The number of benzene rings is 2. The Morgan fingerprint density at radius 1 is 0.587 bits per heavy atom. The Bertz CT molecular complexity index is 1340. The van der Waals surface area contributed by atoms with Gasteiger partial charge < -0.3 is 31.0 Å². The molecule has 0 bridgehead atoms. The molecule has 0 aliphatic heterocycles. The lowest BCUT2D eigenvalue weighted by Gasteiger charge is -2.41. The molecular weight excluding hydrogens is 661 g/mol. The Kier molecular flexibility index (Phi) is 14.3. The summed E-state index contributed by atoms with van der Waals surface area (Å²) in [7, 11) is -10.5. The molecule has 254 valence electrons. The van der Waals surface area contributed by atoms with Gasteiger partial charge in [-0.3, -0.25) is 9.59 Å². The van der Waals surface area contributed by atoms with Crippen LogP contribution in [0.2, 0.25) is 58.4 Å². The van der Waals surface area contributed by atoms with Crippen molar-refractivity contribution in [3.63, 3.8) is 0 Å². The summed E-state index contributed by atoms with van der Waals surface area (Å²) >= 11 is 0. The Labute approximate surface area is 276 Å². The maximum Gasteiger partial charge on any atom is 0.543 e. The summed E-state index contributed by atoms with van der Waals surface area (Å²) < 4.78 is 42.2. The Hall–Kier alpha value is -2.93. The predicted octanol–water partition coefficient (Wildman–Crippen LogP) is 6.39. The molecule has 2 rings (SSSR count). The van der Waals surface area contributed by atoms with Gasteiger partial charge in [0, 0.05) is 17.7 Å². The monoisotopic (exact) mass is 708 g/mol. The number of carbonyl (C=O) groups is 4. The summed E-state index contributed by atoms with van der Waals surface area (Å²) in [6.07, 6.45) is 0.624. The van der Waals surface area contributed by atoms with Gasteiger partial charge in [-0.15, -0.1) is 0 Å². The second-order valence-electron chi connectivity index (χ2n) is 12.7. The molecule has 2 atom stereocenters. The Balaban J connectivity index is 2.18. The molecule has 2 unspecified atom stereocenters. The molecule has 15 heteroatoms. The molecule has 0 aliphatic rings. The maximum atomic E-state index is 12.3. The van der Waals surface area contributed by atoms with E-state index in [0.29, 0.717) is 30.6 Å². The van der Waals surface area contributed by atoms with Crippen LogP contribution in [0.4, 0.5) is 0 Å². The van der Waals surface area contributed by atoms with Crippen molar-refractivity contribution in [1.82, 2.24) is 0 Å². The lowest BCUT2D eigenvalue weighted by atomic mass is 10.1. The molecule has 0 spiro atoms. The number of carbonyl (C=O) groups excluding carboxylic acids is 4. The van der Waals surface area contributed by atoms with Crippen molar-refractivity contribution < 1.29 is 50.2 Å². The zero-order valence-electron chi connectivity index (χ0n) is 28.6. The molecule has 0 heterocycles. The normalized spacial score (nSPS) is 14.4. The predicted molar refractivity (Wildman–Crippen MR) is 184 cm³/mol. The van der Waals surface area contributed by atoms with Crippen LogP contribution in [-0.2, 0) is 31.4 Å². The van der Waals surface area contributed by atoms with E-state index >= 15 is 0 Å². The van der Waals surface area contributed by atoms with Gasteiger partial charge in [-0.25, -0.2) is 9.59 Å². The summed E-state index contributed by atoms with van der Waals surface area (Å²) in [5.74, 6) is -2.21. The third kappa shape index (κ3) is 13.4. The van der Waals surface area contributed by atoms with E-state index in [9.17, 15) is 19.2 Å². The first kappa shape index (κ1) is 39.2. The minimum atomic E-state index is -3.36. The zero-order valence-corrected chi connectivity index (χ0v) is 32.6.